The van der Waals surface area contributed by atoms with Crippen molar-refractivity contribution in [2.45, 2.75) is 0 Å². The molecule has 5 nitrogen and oxygen atoms in total. The molecule has 0 saturated carbocycles. The molecule has 2 aromatic rings. The van der Waals surface area contributed by atoms with Gasteiger partial charge >= 0.3 is 5.69 Å². The Bertz CT molecular complexity index is 690. The Balaban J connectivity index is 2.45. The van der Waals surface area contributed by atoms with Crippen molar-refractivity contribution in [1.82, 2.24) is 0 Å². The van der Waals surface area contributed by atoms with E-state index in [0.29, 0.717) is 6.29 Å². The van der Waals surface area contributed by atoms with Gasteiger partial charge in [0, 0.05) is 11.1 Å². The van der Waals surface area contributed by atoms with Crippen molar-refractivity contribution in [3.8, 4) is 11.5 Å². The maximum absolute atomic E-state index is 13.0. The molecule has 0 N–H and O–H groups in total. The highest BCUT2D eigenvalue weighted by Gasteiger charge is 2.17. The van der Waals surface area contributed by atoms with E-state index in [1.165, 1.54) is 18.2 Å². The molecule has 0 radical (unpaired) electrons. The Morgan fingerprint density at radius 1 is 1.20 bits per heavy atom. The predicted molar refractivity (Wildman–Crippen MR) is 70.0 cm³/mol. The average molecular weight is 296 g/mol. The molecule has 102 valence electrons. The smallest absolute Gasteiger partial charge is 0.313 e. The molecule has 0 saturated heterocycles. The fourth-order valence-electron chi connectivity index (χ4n) is 1.54. The van der Waals surface area contributed by atoms with Crippen LogP contribution in [-0.4, -0.2) is 11.2 Å². The number of hydrogen-bond donors (Lipinski definition) is 0. The molecular formula is C13H7ClFNO4. The fourth-order valence-corrected chi connectivity index (χ4v) is 1.71. The largest absolute Gasteiger partial charge is 0.449 e. The van der Waals surface area contributed by atoms with Gasteiger partial charge in [0.2, 0.25) is 5.75 Å². The van der Waals surface area contributed by atoms with E-state index in [1.54, 1.807) is 0 Å². The van der Waals surface area contributed by atoms with E-state index in [0.717, 1.165) is 18.2 Å². The predicted octanol–water partition coefficient (Wildman–Crippen LogP) is 3.99. The van der Waals surface area contributed by atoms with E-state index in [1.807, 2.05) is 0 Å². The molecule has 0 bridgehead atoms. The van der Waals surface area contributed by atoms with Gasteiger partial charge in [-0.2, -0.15) is 0 Å². The summed E-state index contributed by atoms with van der Waals surface area (Å²) < 4.78 is 18.3. The van der Waals surface area contributed by atoms with Gasteiger partial charge in [-0.3, -0.25) is 14.9 Å². The van der Waals surface area contributed by atoms with Gasteiger partial charge in [-0.25, -0.2) is 4.39 Å². The summed E-state index contributed by atoms with van der Waals surface area (Å²) in [6, 6.07) is 7.12. The van der Waals surface area contributed by atoms with Gasteiger partial charge in [0.1, 0.15) is 11.6 Å². The second kappa shape index (κ2) is 5.66. The number of ether oxygens (including phenoxy) is 1. The number of benzene rings is 2. The molecule has 0 amide bonds. The highest BCUT2D eigenvalue weighted by molar-refractivity contribution is 6.30. The normalized spacial score (nSPS) is 10.1. The highest BCUT2D eigenvalue weighted by atomic mass is 35.5. The van der Waals surface area contributed by atoms with Gasteiger partial charge in [0.15, 0.2) is 6.29 Å². The first-order valence-electron chi connectivity index (χ1n) is 5.38. The van der Waals surface area contributed by atoms with E-state index < -0.39 is 10.7 Å². The molecule has 20 heavy (non-hydrogen) atoms. The Morgan fingerprint density at radius 3 is 2.55 bits per heavy atom. The number of aldehydes is 1. The van der Waals surface area contributed by atoms with Crippen LogP contribution in [0.2, 0.25) is 5.02 Å². The van der Waals surface area contributed by atoms with Crippen molar-refractivity contribution in [2.75, 3.05) is 0 Å². The molecular weight excluding hydrogens is 289 g/mol. The first kappa shape index (κ1) is 14.0. The summed E-state index contributed by atoms with van der Waals surface area (Å²) in [6.07, 6.45) is 0.403. The lowest BCUT2D eigenvalue weighted by Gasteiger charge is -2.08. The number of nitro benzene ring substituents is 1. The van der Waals surface area contributed by atoms with Crippen LogP contribution in [-0.2, 0) is 0 Å². The molecule has 0 atom stereocenters. The summed E-state index contributed by atoms with van der Waals surface area (Å²) >= 11 is 5.68. The molecule has 0 heterocycles. The number of nitrogens with zero attached hydrogens (tertiary/aromatic N) is 1. The third-order valence-electron chi connectivity index (χ3n) is 2.44. The third kappa shape index (κ3) is 2.92. The fraction of sp³-hybridized carbons (Fsp3) is 0. The van der Waals surface area contributed by atoms with Gasteiger partial charge in [-0.15, -0.1) is 0 Å². The van der Waals surface area contributed by atoms with Crippen molar-refractivity contribution in [2.24, 2.45) is 0 Å². The SMILES string of the molecule is O=Cc1cc(F)ccc1Oc1ccc(Cl)cc1[N+](=O)[O-]. The van der Waals surface area contributed by atoms with E-state index in [-0.39, 0.29) is 27.8 Å². The van der Waals surface area contributed by atoms with Gasteiger partial charge in [-0.05, 0) is 30.3 Å². The number of carbonyl (C=O) groups excluding carboxylic acids is 1. The van der Waals surface area contributed by atoms with E-state index in [4.69, 9.17) is 16.3 Å². The van der Waals surface area contributed by atoms with Crippen LogP contribution in [0.15, 0.2) is 36.4 Å². The minimum atomic E-state index is -0.661. The average Bonchev–Trinajstić information content (AvgIpc) is 2.42. The highest BCUT2D eigenvalue weighted by Crippen LogP contribution is 2.34. The summed E-state index contributed by atoms with van der Waals surface area (Å²) in [6.45, 7) is 0. The quantitative estimate of drug-likeness (QED) is 0.486. The lowest BCUT2D eigenvalue weighted by molar-refractivity contribution is -0.385. The van der Waals surface area contributed by atoms with Crippen LogP contribution in [0.1, 0.15) is 10.4 Å². The zero-order valence-corrected chi connectivity index (χ0v) is 10.6. The second-order valence-electron chi connectivity index (χ2n) is 3.77. The van der Waals surface area contributed by atoms with Crippen LogP contribution < -0.4 is 4.74 Å². The Kier molecular flexibility index (Phi) is 3.95. The molecule has 0 unspecified atom stereocenters. The minimum absolute atomic E-state index is 0.0202. The van der Waals surface area contributed by atoms with Gasteiger partial charge in [-0.1, -0.05) is 11.6 Å². The van der Waals surface area contributed by atoms with Crippen LogP contribution in [0.5, 0.6) is 11.5 Å². The van der Waals surface area contributed by atoms with Crippen LogP contribution in [0.3, 0.4) is 0 Å². The lowest BCUT2D eigenvalue weighted by atomic mass is 10.2. The van der Waals surface area contributed by atoms with Gasteiger partial charge < -0.3 is 4.74 Å². The molecule has 0 fully saturated rings. The van der Waals surface area contributed by atoms with Crippen molar-refractivity contribution in [3.63, 3.8) is 0 Å². The van der Waals surface area contributed by atoms with Crippen molar-refractivity contribution in [3.05, 3.63) is 62.9 Å². The molecule has 0 aromatic heterocycles. The van der Waals surface area contributed by atoms with Crippen molar-refractivity contribution >= 4 is 23.6 Å². The van der Waals surface area contributed by atoms with Crippen molar-refractivity contribution < 1.29 is 18.8 Å². The lowest BCUT2D eigenvalue weighted by Crippen LogP contribution is -1.96. The summed E-state index contributed by atoms with van der Waals surface area (Å²) in [5.41, 5.74) is -0.395. The summed E-state index contributed by atoms with van der Waals surface area (Å²) in [4.78, 5) is 21.1. The maximum atomic E-state index is 13.0. The Labute approximate surface area is 117 Å². The number of halogens is 2. The van der Waals surface area contributed by atoms with Crippen LogP contribution in [0.25, 0.3) is 0 Å². The van der Waals surface area contributed by atoms with Crippen LogP contribution in [0, 0.1) is 15.9 Å². The van der Waals surface area contributed by atoms with Gasteiger partial charge in [0.05, 0.1) is 10.5 Å². The van der Waals surface area contributed by atoms with Crippen LogP contribution >= 0.6 is 11.6 Å². The van der Waals surface area contributed by atoms with E-state index in [9.17, 15) is 19.3 Å². The first-order chi connectivity index (χ1) is 9.51. The number of nitro groups is 1. The molecule has 0 spiro atoms. The van der Waals surface area contributed by atoms with Gasteiger partial charge in [0.25, 0.3) is 0 Å². The molecule has 0 aliphatic carbocycles. The third-order valence-corrected chi connectivity index (χ3v) is 2.67. The summed E-state index contributed by atoms with van der Waals surface area (Å²) in [5.74, 6) is -0.675. The molecule has 7 heteroatoms. The monoisotopic (exact) mass is 295 g/mol. The maximum Gasteiger partial charge on any atom is 0.313 e. The number of rotatable bonds is 4. The van der Waals surface area contributed by atoms with E-state index >= 15 is 0 Å². The molecule has 0 aliphatic rings. The second-order valence-corrected chi connectivity index (χ2v) is 4.21. The summed E-state index contributed by atoms with van der Waals surface area (Å²) in [7, 11) is 0. The zero-order valence-electron chi connectivity index (χ0n) is 9.88. The Hall–Kier alpha value is -2.47. The molecule has 2 aromatic carbocycles. The topological polar surface area (TPSA) is 69.4 Å². The standard InChI is InChI=1S/C13H7ClFNO4/c14-9-1-3-13(11(6-9)16(18)19)20-12-4-2-10(15)5-8(12)7-17/h1-7H. The van der Waals surface area contributed by atoms with Crippen molar-refractivity contribution in [1.29, 1.82) is 0 Å². The Morgan fingerprint density at radius 2 is 1.90 bits per heavy atom. The minimum Gasteiger partial charge on any atom is -0.449 e. The number of carbonyl (C=O) groups is 1. The molecule has 0 aliphatic heterocycles. The van der Waals surface area contributed by atoms with Crippen LogP contribution in [0.4, 0.5) is 10.1 Å². The van der Waals surface area contributed by atoms with E-state index in [2.05, 4.69) is 0 Å². The summed E-state index contributed by atoms with van der Waals surface area (Å²) in [5, 5.41) is 11.1. The first-order valence-corrected chi connectivity index (χ1v) is 5.75. The molecule has 2 rings (SSSR count). The zero-order chi connectivity index (χ0) is 14.7. The number of hydrogen-bond acceptors (Lipinski definition) is 4.